The predicted molar refractivity (Wildman–Crippen MR) is 51.0 cm³/mol. The van der Waals surface area contributed by atoms with Gasteiger partial charge in [0.2, 0.25) is 0 Å². The minimum absolute atomic E-state index is 0.102. The van der Waals surface area contributed by atoms with Gasteiger partial charge in [-0.15, -0.1) is 0 Å². The van der Waals surface area contributed by atoms with Crippen molar-refractivity contribution in [2.45, 2.75) is 12.8 Å². The zero-order valence-corrected chi connectivity index (χ0v) is 7.73. The number of rotatable bonds is 3. The number of phenolic OH excluding ortho intramolecular Hbond substituents is 1. The van der Waals surface area contributed by atoms with Crippen molar-refractivity contribution >= 4 is 0 Å². The van der Waals surface area contributed by atoms with E-state index in [1.807, 2.05) is 6.07 Å². The topological polar surface area (TPSA) is 53.2 Å². The zero-order chi connectivity index (χ0) is 9.97. The van der Waals surface area contributed by atoms with E-state index in [1.165, 1.54) is 18.9 Å². The van der Waals surface area contributed by atoms with Crippen molar-refractivity contribution in [1.29, 1.82) is 5.26 Å². The van der Waals surface area contributed by atoms with Gasteiger partial charge in [0, 0.05) is 6.07 Å². The summed E-state index contributed by atoms with van der Waals surface area (Å²) < 4.78 is 5.40. The van der Waals surface area contributed by atoms with Crippen molar-refractivity contribution in [3.05, 3.63) is 23.8 Å². The molecule has 0 saturated heterocycles. The largest absolute Gasteiger partial charge is 0.504 e. The first kappa shape index (κ1) is 8.89. The number of ether oxygens (including phenoxy) is 1. The fourth-order valence-corrected chi connectivity index (χ4v) is 1.19. The van der Waals surface area contributed by atoms with Crippen LogP contribution in [-0.4, -0.2) is 11.7 Å². The van der Waals surface area contributed by atoms with Gasteiger partial charge in [0.25, 0.3) is 0 Å². The second kappa shape index (κ2) is 3.59. The van der Waals surface area contributed by atoms with E-state index in [2.05, 4.69) is 0 Å². The summed E-state index contributed by atoms with van der Waals surface area (Å²) in [6.45, 7) is 0.641. The predicted octanol–water partition coefficient (Wildman–Crippen LogP) is 2.05. The van der Waals surface area contributed by atoms with Gasteiger partial charge in [0.1, 0.15) is 0 Å². The molecule has 1 aliphatic rings. The van der Waals surface area contributed by atoms with Crippen molar-refractivity contribution in [2.24, 2.45) is 5.92 Å². The van der Waals surface area contributed by atoms with Crippen LogP contribution in [0.5, 0.6) is 11.5 Å². The Balaban J connectivity index is 2.09. The normalized spacial score (nSPS) is 14.8. The molecule has 1 fully saturated rings. The van der Waals surface area contributed by atoms with E-state index >= 15 is 0 Å². The summed E-state index contributed by atoms with van der Waals surface area (Å²) in [6.07, 6.45) is 2.41. The number of hydrogen-bond acceptors (Lipinski definition) is 3. The van der Waals surface area contributed by atoms with Crippen molar-refractivity contribution in [3.8, 4) is 17.6 Å². The second-order valence-corrected chi connectivity index (χ2v) is 3.55. The third-order valence-corrected chi connectivity index (χ3v) is 2.26. The molecule has 3 nitrogen and oxygen atoms in total. The molecule has 3 heteroatoms. The average Bonchev–Trinajstić information content (AvgIpc) is 3.00. The molecule has 2 rings (SSSR count). The van der Waals surface area contributed by atoms with E-state index in [0.717, 1.165) is 0 Å². The number of nitrogens with zero attached hydrogens (tertiary/aromatic N) is 1. The highest BCUT2D eigenvalue weighted by Crippen LogP contribution is 2.32. The van der Waals surface area contributed by atoms with Crippen LogP contribution in [0.1, 0.15) is 18.4 Å². The van der Waals surface area contributed by atoms with Gasteiger partial charge in [-0.05, 0) is 30.9 Å². The minimum atomic E-state index is 0.102. The Kier molecular flexibility index (Phi) is 2.28. The Morgan fingerprint density at radius 1 is 1.50 bits per heavy atom. The highest BCUT2D eigenvalue weighted by atomic mass is 16.5. The van der Waals surface area contributed by atoms with Crippen LogP contribution in [0.2, 0.25) is 0 Å². The van der Waals surface area contributed by atoms with Gasteiger partial charge in [0.05, 0.1) is 18.2 Å². The molecule has 0 atom stereocenters. The van der Waals surface area contributed by atoms with Crippen molar-refractivity contribution in [1.82, 2.24) is 0 Å². The Labute approximate surface area is 82.6 Å². The van der Waals surface area contributed by atoms with Crippen LogP contribution in [0.25, 0.3) is 0 Å². The molecule has 0 unspecified atom stereocenters. The fraction of sp³-hybridized carbons (Fsp3) is 0.364. The third-order valence-electron chi connectivity index (χ3n) is 2.26. The molecule has 0 aromatic heterocycles. The summed E-state index contributed by atoms with van der Waals surface area (Å²) in [5, 5.41) is 18.1. The van der Waals surface area contributed by atoms with E-state index < -0.39 is 0 Å². The molecule has 0 amide bonds. The van der Waals surface area contributed by atoms with Gasteiger partial charge in [-0.3, -0.25) is 0 Å². The van der Waals surface area contributed by atoms with Gasteiger partial charge >= 0.3 is 0 Å². The molecule has 1 aromatic rings. The minimum Gasteiger partial charge on any atom is -0.504 e. The molecule has 0 heterocycles. The Morgan fingerprint density at radius 3 is 2.93 bits per heavy atom. The fourth-order valence-electron chi connectivity index (χ4n) is 1.19. The maximum atomic E-state index is 9.43. The number of nitriles is 1. The maximum absolute atomic E-state index is 9.43. The van der Waals surface area contributed by atoms with Crippen molar-refractivity contribution in [3.63, 3.8) is 0 Å². The highest BCUT2D eigenvalue weighted by molar-refractivity contribution is 5.45. The Bertz CT molecular complexity index is 377. The Hall–Kier alpha value is -1.69. The lowest BCUT2D eigenvalue weighted by atomic mass is 10.2. The summed E-state index contributed by atoms with van der Waals surface area (Å²) in [4.78, 5) is 0. The van der Waals surface area contributed by atoms with E-state index in [-0.39, 0.29) is 5.75 Å². The van der Waals surface area contributed by atoms with Crippen LogP contribution in [0, 0.1) is 17.2 Å². The van der Waals surface area contributed by atoms with Crippen molar-refractivity contribution < 1.29 is 9.84 Å². The Morgan fingerprint density at radius 2 is 2.29 bits per heavy atom. The van der Waals surface area contributed by atoms with E-state index in [1.54, 1.807) is 12.1 Å². The van der Waals surface area contributed by atoms with Crippen LogP contribution in [0.4, 0.5) is 0 Å². The number of aromatic hydroxyl groups is 1. The molecule has 72 valence electrons. The van der Waals surface area contributed by atoms with Gasteiger partial charge in [-0.2, -0.15) is 5.26 Å². The molecule has 0 bridgehead atoms. The lowest BCUT2D eigenvalue weighted by molar-refractivity contribution is 0.284. The van der Waals surface area contributed by atoms with Crippen LogP contribution in [0.3, 0.4) is 0 Å². The smallest absolute Gasteiger partial charge is 0.162 e. The quantitative estimate of drug-likeness (QED) is 0.791. The summed E-state index contributed by atoms with van der Waals surface area (Å²) in [5.74, 6) is 1.15. The standard InChI is InChI=1S/C11H11NO2/c12-6-9-3-4-10(13)11(5-9)14-7-8-1-2-8/h3-5,8,13H,1-2,7H2. The first-order valence-electron chi connectivity index (χ1n) is 4.65. The summed E-state index contributed by atoms with van der Waals surface area (Å²) in [5.41, 5.74) is 0.508. The second-order valence-electron chi connectivity index (χ2n) is 3.55. The monoisotopic (exact) mass is 189 g/mol. The maximum Gasteiger partial charge on any atom is 0.162 e. The molecule has 0 spiro atoms. The van der Waals surface area contributed by atoms with Gasteiger partial charge < -0.3 is 9.84 Å². The van der Waals surface area contributed by atoms with Gasteiger partial charge in [0.15, 0.2) is 11.5 Å². The first-order valence-corrected chi connectivity index (χ1v) is 4.65. The van der Waals surface area contributed by atoms with Crippen LogP contribution in [0.15, 0.2) is 18.2 Å². The third kappa shape index (κ3) is 1.97. The molecule has 1 N–H and O–H groups in total. The molecule has 14 heavy (non-hydrogen) atoms. The molecular formula is C11H11NO2. The van der Waals surface area contributed by atoms with Crippen LogP contribution >= 0.6 is 0 Å². The number of benzene rings is 1. The molecule has 1 saturated carbocycles. The molecular weight excluding hydrogens is 178 g/mol. The lowest BCUT2D eigenvalue weighted by Gasteiger charge is -2.06. The lowest BCUT2D eigenvalue weighted by Crippen LogP contribution is -1.99. The first-order chi connectivity index (χ1) is 6.79. The summed E-state index contributed by atoms with van der Waals surface area (Å²) in [6, 6.07) is 6.63. The summed E-state index contributed by atoms with van der Waals surface area (Å²) in [7, 11) is 0. The average molecular weight is 189 g/mol. The zero-order valence-electron chi connectivity index (χ0n) is 7.73. The highest BCUT2D eigenvalue weighted by Gasteiger charge is 2.22. The molecule has 1 aromatic carbocycles. The molecule has 1 aliphatic carbocycles. The van der Waals surface area contributed by atoms with E-state index in [4.69, 9.17) is 10.00 Å². The number of hydrogen-bond donors (Lipinski definition) is 1. The van der Waals surface area contributed by atoms with E-state index in [9.17, 15) is 5.11 Å². The van der Waals surface area contributed by atoms with Gasteiger partial charge in [-0.25, -0.2) is 0 Å². The SMILES string of the molecule is N#Cc1ccc(O)c(OCC2CC2)c1. The number of phenols is 1. The van der Waals surface area contributed by atoms with Gasteiger partial charge in [-0.1, -0.05) is 0 Å². The van der Waals surface area contributed by atoms with Crippen LogP contribution < -0.4 is 4.74 Å². The van der Waals surface area contributed by atoms with Crippen LogP contribution in [-0.2, 0) is 0 Å². The van der Waals surface area contributed by atoms with E-state index in [0.29, 0.717) is 23.8 Å². The summed E-state index contributed by atoms with van der Waals surface area (Å²) >= 11 is 0. The van der Waals surface area contributed by atoms with Crippen molar-refractivity contribution in [2.75, 3.05) is 6.61 Å². The molecule has 0 aliphatic heterocycles. The molecule has 0 radical (unpaired) electrons.